The Bertz CT molecular complexity index is 736. The molecule has 0 fully saturated rings. The van der Waals surface area contributed by atoms with Gasteiger partial charge in [0.1, 0.15) is 11.7 Å². The summed E-state index contributed by atoms with van der Waals surface area (Å²) in [4.78, 5) is 11.6. The molecule has 2 atom stereocenters. The average Bonchev–Trinajstić information content (AvgIpc) is 2.53. The zero-order valence-corrected chi connectivity index (χ0v) is 15.2. The molecule has 0 saturated carbocycles. The molecule has 25 heavy (non-hydrogen) atoms. The van der Waals surface area contributed by atoms with E-state index in [1.807, 2.05) is 43.3 Å². The Labute approximate surface area is 148 Å². The van der Waals surface area contributed by atoms with Crippen molar-refractivity contribution in [3.05, 3.63) is 47.5 Å². The van der Waals surface area contributed by atoms with Gasteiger partial charge < -0.3 is 20.3 Å². The monoisotopic (exact) mass is 345 g/mol. The van der Waals surface area contributed by atoms with E-state index in [-0.39, 0.29) is 13.0 Å². The lowest BCUT2D eigenvalue weighted by atomic mass is 9.94. The molecule has 0 saturated heterocycles. The van der Waals surface area contributed by atoms with Gasteiger partial charge in [-0.1, -0.05) is 36.4 Å². The van der Waals surface area contributed by atoms with E-state index in [0.29, 0.717) is 5.56 Å². The summed E-state index contributed by atoms with van der Waals surface area (Å²) < 4.78 is 5.14. The van der Waals surface area contributed by atoms with E-state index >= 15 is 0 Å². The van der Waals surface area contributed by atoms with E-state index in [2.05, 4.69) is 5.32 Å². The average molecular weight is 345 g/mol. The summed E-state index contributed by atoms with van der Waals surface area (Å²) in [6.07, 6.45) is -2.32. The third-order valence-corrected chi connectivity index (χ3v) is 3.97. The Hall–Kier alpha value is -2.11. The van der Waals surface area contributed by atoms with Crippen LogP contribution < -0.4 is 5.32 Å². The van der Waals surface area contributed by atoms with Crippen molar-refractivity contribution in [2.45, 2.75) is 51.9 Å². The minimum absolute atomic E-state index is 0.219. The molecule has 2 rings (SSSR count). The van der Waals surface area contributed by atoms with E-state index in [1.165, 1.54) is 0 Å². The minimum atomic E-state index is -1.02. The number of aryl methyl sites for hydroxylation is 1. The van der Waals surface area contributed by atoms with E-state index < -0.39 is 23.9 Å². The number of hydrogen-bond donors (Lipinski definition) is 3. The highest BCUT2D eigenvalue weighted by molar-refractivity contribution is 5.88. The van der Waals surface area contributed by atoms with Gasteiger partial charge in [-0.05, 0) is 56.0 Å². The molecule has 3 N–H and O–H groups in total. The summed E-state index contributed by atoms with van der Waals surface area (Å²) in [5, 5.41) is 25.4. The minimum Gasteiger partial charge on any atom is -0.444 e. The maximum Gasteiger partial charge on any atom is 0.407 e. The highest BCUT2D eigenvalue weighted by Gasteiger charge is 2.21. The zero-order valence-electron chi connectivity index (χ0n) is 15.2. The van der Waals surface area contributed by atoms with Crippen molar-refractivity contribution < 1.29 is 19.7 Å². The van der Waals surface area contributed by atoms with Gasteiger partial charge in [-0.3, -0.25) is 0 Å². The SMILES string of the molecule is Cc1ccc(C(O)C(O)CCNC(=O)OC(C)(C)C)c2ccccc12. The van der Waals surface area contributed by atoms with Gasteiger partial charge in [0.25, 0.3) is 0 Å². The number of benzene rings is 2. The van der Waals surface area contributed by atoms with Crippen LogP contribution in [0.15, 0.2) is 36.4 Å². The Morgan fingerprint density at radius 3 is 2.40 bits per heavy atom. The number of aliphatic hydroxyl groups is 2. The van der Waals surface area contributed by atoms with Gasteiger partial charge >= 0.3 is 6.09 Å². The lowest BCUT2D eigenvalue weighted by molar-refractivity contribution is 0.0131. The Balaban J connectivity index is 2.00. The molecule has 0 aliphatic heterocycles. The van der Waals surface area contributed by atoms with Crippen LogP contribution in [0.1, 0.15) is 44.4 Å². The van der Waals surface area contributed by atoms with Crippen LogP contribution in [0.3, 0.4) is 0 Å². The fraction of sp³-hybridized carbons (Fsp3) is 0.450. The van der Waals surface area contributed by atoms with Crippen LogP contribution in [-0.2, 0) is 4.74 Å². The summed E-state index contributed by atoms with van der Waals surface area (Å²) >= 11 is 0. The van der Waals surface area contributed by atoms with Crippen molar-refractivity contribution in [1.29, 1.82) is 0 Å². The van der Waals surface area contributed by atoms with Crippen LogP contribution in [-0.4, -0.2) is 34.6 Å². The normalized spacial score (nSPS) is 14.2. The maximum atomic E-state index is 11.6. The molecular formula is C20H27NO4. The summed E-state index contributed by atoms with van der Waals surface area (Å²) in [5.74, 6) is 0. The number of carbonyl (C=O) groups is 1. The second kappa shape index (κ2) is 7.85. The van der Waals surface area contributed by atoms with Gasteiger partial charge in [-0.25, -0.2) is 4.79 Å². The number of carbonyl (C=O) groups excluding carboxylic acids is 1. The summed E-state index contributed by atoms with van der Waals surface area (Å²) in [6, 6.07) is 11.6. The van der Waals surface area contributed by atoms with Crippen LogP contribution >= 0.6 is 0 Å². The highest BCUT2D eigenvalue weighted by Crippen LogP contribution is 2.29. The Morgan fingerprint density at radius 2 is 1.76 bits per heavy atom. The number of fused-ring (bicyclic) bond motifs is 1. The van der Waals surface area contributed by atoms with Crippen molar-refractivity contribution >= 4 is 16.9 Å². The highest BCUT2D eigenvalue weighted by atomic mass is 16.6. The van der Waals surface area contributed by atoms with Gasteiger partial charge in [-0.2, -0.15) is 0 Å². The van der Waals surface area contributed by atoms with Crippen molar-refractivity contribution in [3.8, 4) is 0 Å². The first-order valence-corrected chi connectivity index (χ1v) is 8.50. The predicted molar refractivity (Wildman–Crippen MR) is 98.5 cm³/mol. The van der Waals surface area contributed by atoms with Crippen LogP contribution in [0.4, 0.5) is 4.79 Å². The third kappa shape index (κ3) is 5.18. The van der Waals surface area contributed by atoms with Gasteiger partial charge in [0, 0.05) is 6.54 Å². The second-order valence-electron chi connectivity index (χ2n) is 7.25. The molecule has 2 aromatic rings. The third-order valence-electron chi connectivity index (χ3n) is 3.97. The molecule has 0 aliphatic carbocycles. The fourth-order valence-corrected chi connectivity index (χ4v) is 2.73. The topological polar surface area (TPSA) is 78.8 Å². The van der Waals surface area contributed by atoms with Crippen LogP contribution in [0, 0.1) is 6.92 Å². The van der Waals surface area contributed by atoms with Crippen molar-refractivity contribution in [2.75, 3.05) is 6.54 Å². The standard InChI is InChI=1S/C20H27NO4/c1-13-9-10-16(15-8-6-5-7-14(13)15)18(23)17(22)11-12-21-19(24)25-20(2,3)4/h5-10,17-18,22-23H,11-12H2,1-4H3,(H,21,24). The molecule has 0 aliphatic rings. The lowest BCUT2D eigenvalue weighted by Crippen LogP contribution is -2.34. The van der Waals surface area contributed by atoms with E-state index in [4.69, 9.17) is 4.74 Å². The number of nitrogens with one attached hydrogen (secondary N) is 1. The number of ether oxygens (including phenoxy) is 1. The van der Waals surface area contributed by atoms with Gasteiger partial charge in [0.15, 0.2) is 0 Å². The fourth-order valence-electron chi connectivity index (χ4n) is 2.73. The number of amides is 1. The van der Waals surface area contributed by atoms with E-state index in [0.717, 1.165) is 16.3 Å². The molecule has 0 aromatic heterocycles. The Kier molecular flexibility index (Phi) is 6.03. The molecule has 136 valence electrons. The van der Waals surface area contributed by atoms with Crippen LogP contribution in [0.2, 0.25) is 0 Å². The van der Waals surface area contributed by atoms with Gasteiger partial charge in [0.2, 0.25) is 0 Å². The van der Waals surface area contributed by atoms with Crippen molar-refractivity contribution in [3.63, 3.8) is 0 Å². The maximum absolute atomic E-state index is 11.6. The quantitative estimate of drug-likeness (QED) is 0.775. The molecule has 0 spiro atoms. The predicted octanol–water partition coefficient (Wildman–Crippen LogP) is 3.46. The second-order valence-corrected chi connectivity index (χ2v) is 7.25. The van der Waals surface area contributed by atoms with E-state index in [9.17, 15) is 15.0 Å². The molecule has 2 unspecified atom stereocenters. The summed E-state index contributed by atoms with van der Waals surface area (Å²) in [6.45, 7) is 7.59. The summed E-state index contributed by atoms with van der Waals surface area (Å²) in [5.41, 5.74) is 1.24. The van der Waals surface area contributed by atoms with Crippen molar-refractivity contribution in [2.24, 2.45) is 0 Å². The number of hydrogen-bond acceptors (Lipinski definition) is 4. The molecule has 0 radical (unpaired) electrons. The number of rotatable bonds is 5. The first-order valence-electron chi connectivity index (χ1n) is 8.50. The molecular weight excluding hydrogens is 318 g/mol. The molecule has 0 heterocycles. The smallest absolute Gasteiger partial charge is 0.407 e. The van der Waals surface area contributed by atoms with Gasteiger partial charge in [0.05, 0.1) is 6.10 Å². The first-order chi connectivity index (χ1) is 11.7. The molecule has 1 amide bonds. The van der Waals surface area contributed by atoms with E-state index in [1.54, 1.807) is 20.8 Å². The molecule has 5 heteroatoms. The molecule has 2 aromatic carbocycles. The number of aliphatic hydroxyl groups excluding tert-OH is 2. The largest absolute Gasteiger partial charge is 0.444 e. The molecule has 5 nitrogen and oxygen atoms in total. The Morgan fingerprint density at radius 1 is 1.12 bits per heavy atom. The lowest BCUT2D eigenvalue weighted by Gasteiger charge is -2.22. The number of alkyl carbamates (subject to hydrolysis) is 1. The van der Waals surface area contributed by atoms with Gasteiger partial charge in [-0.15, -0.1) is 0 Å². The molecule has 0 bridgehead atoms. The van der Waals surface area contributed by atoms with Crippen molar-refractivity contribution in [1.82, 2.24) is 5.32 Å². The first kappa shape index (κ1) is 19.2. The zero-order chi connectivity index (χ0) is 18.6. The summed E-state index contributed by atoms with van der Waals surface area (Å²) in [7, 11) is 0. The van der Waals surface area contributed by atoms with Crippen LogP contribution in [0.25, 0.3) is 10.8 Å². The van der Waals surface area contributed by atoms with Crippen LogP contribution in [0.5, 0.6) is 0 Å².